The van der Waals surface area contributed by atoms with E-state index in [2.05, 4.69) is 27.3 Å². The van der Waals surface area contributed by atoms with Crippen molar-refractivity contribution in [1.29, 1.82) is 0 Å². The Morgan fingerprint density at radius 2 is 1.74 bits per heavy atom. The number of rotatable bonds is 7. The summed E-state index contributed by atoms with van der Waals surface area (Å²) in [6, 6.07) is 9.36. The Balaban J connectivity index is 0.00000199. The number of nitrogens with one attached hydrogen (secondary N) is 3. The van der Waals surface area contributed by atoms with Crippen molar-refractivity contribution in [1.82, 2.24) is 15.0 Å². The van der Waals surface area contributed by atoms with Gasteiger partial charge in [0, 0.05) is 37.4 Å². The molecule has 0 unspecified atom stereocenters. The van der Waals surface area contributed by atoms with Gasteiger partial charge in [0.05, 0.1) is 0 Å². The number of hydrogen-bond acceptors (Lipinski definition) is 5. The summed E-state index contributed by atoms with van der Waals surface area (Å²) in [5, 5.41) is 5.48. The topological polar surface area (TPSA) is 69.3 Å². The lowest BCUT2D eigenvalue weighted by Crippen LogP contribution is -2.35. The minimum absolute atomic E-state index is 0.0775. The van der Waals surface area contributed by atoms with E-state index in [1.165, 1.54) is 18.0 Å². The summed E-state index contributed by atoms with van der Waals surface area (Å²) in [7, 11) is 0. The van der Waals surface area contributed by atoms with Gasteiger partial charge in [-0.25, -0.2) is 9.78 Å². The van der Waals surface area contributed by atoms with Crippen molar-refractivity contribution in [2.24, 2.45) is 5.92 Å². The lowest BCUT2D eigenvalue weighted by molar-refractivity contribution is -0.141. The van der Waals surface area contributed by atoms with E-state index >= 15 is 0 Å². The molecule has 0 saturated carbocycles. The quantitative estimate of drug-likeness (QED) is 0.406. The Morgan fingerprint density at radius 1 is 1.09 bits per heavy atom. The number of urea groups is 1. The van der Waals surface area contributed by atoms with Crippen molar-refractivity contribution >= 4 is 29.5 Å². The number of nitrogens with zero attached hydrogens (tertiary/aromatic N) is 2. The van der Waals surface area contributed by atoms with Crippen molar-refractivity contribution in [3.05, 3.63) is 53.2 Å². The van der Waals surface area contributed by atoms with Crippen LogP contribution in [0.5, 0.6) is 0 Å². The highest BCUT2D eigenvalue weighted by Crippen LogP contribution is 2.32. The van der Waals surface area contributed by atoms with Crippen LogP contribution < -0.4 is 20.3 Å². The summed E-state index contributed by atoms with van der Waals surface area (Å²) in [6.45, 7) is 8.22. The molecule has 34 heavy (non-hydrogen) atoms. The first-order chi connectivity index (χ1) is 16.3. The molecule has 0 radical (unpaired) electrons. The number of piperidine rings is 1. The van der Waals surface area contributed by atoms with Crippen LogP contribution in [0.25, 0.3) is 0 Å². The van der Waals surface area contributed by atoms with Gasteiger partial charge in [0.1, 0.15) is 11.5 Å². The standard InChI is InChI=1S/C22H28F3N5OS.C2H6/c1-15-9-11-30(12-10-15)20-17(5-8-19(29-20)22(23,24)25)14-26-21(31)28-18-6-3-16(4-7-18)13-27-32-2;1-2/h3-8,15,27H,9-14H2,1-2H3,(H2,26,28,31);1-2H3. The fourth-order valence-corrected chi connectivity index (χ4v) is 3.79. The van der Waals surface area contributed by atoms with E-state index in [4.69, 9.17) is 0 Å². The number of alkyl halides is 3. The van der Waals surface area contributed by atoms with Crippen LogP contribution in [-0.2, 0) is 19.3 Å². The van der Waals surface area contributed by atoms with Gasteiger partial charge in [0.25, 0.3) is 0 Å². The molecule has 3 N–H and O–H groups in total. The molecule has 0 bridgehead atoms. The zero-order chi connectivity index (χ0) is 25.1. The van der Waals surface area contributed by atoms with Gasteiger partial charge in [-0.05, 0) is 48.8 Å². The number of benzene rings is 1. The lowest BCUT2D eigenvalue weighted by Gasteiger charge is -2.33. The van der Waals surface area contributed by atoms with Crippen molar-refractivity contribution < 1.29 is 18.0 Å². The maximum absolute atomic E-state index is 13.2. The van der Waals surface area contributed by atoms with Crippen LogP contribution in [0.2, 0.25) is 0 Å². The number of hydrogen-bond donors (Lipinski definition) is 3. The average molecular weight is 498 g/mol. The average Bonchev–Trinajstić information content (AvgIpc) is 2.83. The number of carbonyl (C=O) groups is 1. The molecule has 3 rings (SSSR count). The zero-order valence-electron chi connectivity index (χ0n) is 20.1. The second-order valence-electron chi connectivity index (χ2n) is 7.88. The number of carbonyl (C=O) groups excluding carboxylic acids is 1. The van der Waals surface area contributed by atoms with Gasteiger partial charge in [-0.2, -0.15) is 13.2 Å². The molecule has 1 fully saturated rings. The summed E-state index contributed by atoms with van der Waals surface area (Å²) in [5.74, 6) is 0.824. The molecule has 2 amide bonds. The van der Waals surface area contributed by atoms with E-state index in [1.807, 2.05) is 37.1 Å². The fourth-order valence-electron chi connectivity index (χ4n) is 3.48. The van der Waals surface area contributed by atoms with E-state index in [-0.39, 0.29) is 12.4 Å². The number of aromatic nitrogens is 1. The first-order valence-electron chi connectivity index (χ1n) is 11.5. The summed E-state index contributed by atoms with van der Waals surface area (Å²) >= 11 is 1.53. The van der Waals surface area contributed by atoms with Crippen LogP contribution in [0.3, 0.4) is 0 Å². The maximum Gasteiger partial charge on any atom is 0.433 e. The highest BCUT2D eigenvalue weighted by Gasteiger charge is 2.34. The summed E-state index contributed by atoms with van der Waals surface area (Å²) in [5.41, 5.74) is 1.35. The predicted molar refractivity (Wildman–Crippen MR) is 134 cm³/mol. The molecule has 2 aromatic rings. The van der Waals surface area contributed by atoms with Gasteiger partial charge >= 0.3 is 12.2 Å². The number of halogens is 3. The molecule has 6 nitrogen and oxygen atoms in total. The third-order valence-electron chi connectivity index (χ3n) is 5.40. The van der Waals surface area contributed by atoms with Crippen LogP contribution in [0.4, 0.5) is 29.5 Å². The molecular formula is C24H34F3N5OS. The van der Waals surface area contributed by atoms with E-state index in [9.17, 15) is 18.0 Å². The van der Waals surface area contributed by atoms with Gasteiger partial charge in [0.2, 0.25) is 0 Å². The minimum atomic E-state index is -4.52. The molecule has 0 spiro atoms. The van der Waals surface area contributed by atoms with Gasteiger partial charge in [-0.1, -0.05) is 50.9 Å². The lowest BCUT2D eigenvalue weighted by atomic mass is 9.99. The molecule has 0 aliphatic carbocycles. The maximum atomic E-state index is 13.2. The molecule has 1 aromatic carbocycles. The third-order valence-corrected chi connectivity index (χ3v) is 5.83. The van der Waals surface area contributed by atoms with Gasteiger partial charge in [-0.15, -0.1) is 0 Å². The van der Waals surface area contributed by atoms with Crippen molar-refractivity contribution in [2.45, 2.75) is 52.9 Å². The normalized spacial score (nSPS) is 14.3. The van der Waals surface area contributed by atoms with Gasteiger partial charge in [-0.3, -0.25) is 4.72 Å². The van der Waals surface area contributed by atoms with E-state index in [0.717, 1.165) is 24.5 Å². The van der Waals surface area contributed by atoms with E-state index in [0.29, 0.717) is 36.8 Å². The fraction of sp³-hybridized carbons (Fsp3) is 0.500. The smallest absolute Gasteiger partial charge is 0.356 e. The molecule has 1 aliphatic rings. The van der Waals surface area contributed by atoms with Crippen molar-refractivity contribution in [3.8, 4) is 0 Å². The molecule has 2 heterocycles. The van der Waals surface area contributed by atoms with Gasteiger partial charge in [0.15, 0.2) is 0 Å². The molecule has 0 atom stereocenters. The first-order valence-corrected chi connectivity index (χ1v) is 12.7. The monoisotopic (exact) mass is 497 g/mol. The van der Waals surface area contributed by atoms with Crippen LogP contribution in [0.1, 0.15) is 50.4 Å². The molecule has 1 saturated heterocycles. The van der Waals surface area contributed by atoms with E-state index in [1.54, 1.807) is 12.1 Å². The Morgan fingerprint density at radius 3 is 2.32 bits per heavy atom. The molecule has 1 aromatic heterocycles. The Hall–Kier alpha value is -2.46. The van der Waals surface area contributed by atoms with Crippen molar-refractivity contribution in [3.63, 3.8) is 0 Å². The second-order valence-corrected chi connectivity index (χ2v) is 8.57. The van der Waals surface area contributed by atoms with E-state index < -0.39 is 17.9 Å². The summed E-state index contributed by atoms with van der Waals surface area (Å²) in [4.78, 5) is 18.1. The Kier molecular flexibility index (Phi) is 11.0. The number of pyridine rings is 1. The van der Waals surface area contributed by atoms with Crippen LogP contribution >= 0.6 is 11.9 Å². The largest absolute Gasteiger partial charge is 0.433 e. The Labute approximate surface area is 204 Å². The molecular weight excluding hydrogens is 463 g/mol. The van der Waals surface area contributed by atoms with Crippen LogP contribution in [-0.4, -0.2) is 30.4 Å². The molecule has 10 heteroatoms. The number of amides is 2. The van der Waals surface area contributed by atoms with Crippen molar-refractivity contribution in [2.75, 3.05) is 29.6 Å². The third kappa shape index (κ3) is 8.39. The minimum Gasteiger partial charge on any atom is -0.356 e. The zero-order valence-corrected chi connectivity index (χ0v) is 20.9. The Bertz CT molecular complexity index is 900. The summed E-state index contributed by atoms with van der Waals surface area (Å²) in [6.07, 6.45) is -0.774. The van der Waals surface area contributed by atoms with Crippen LogP contribution in [0.15, 0.2) is 36.4 Å². The highest BCUT2D eigenvalue weighted by atomic mass is 32.2. The SMILES string of the molecule is CC.CSNCc1ccc(NC(=O)NCc2ccc(C(F)(F)F)nc2N2CCC(C)CC2)cc1. The summed E-state index contributed by atoms with van der Waals surface area (Å²) < 4.78 is 42.8. The highest BCUT2D eigenvalue weighted by molar-refractivity contribution is 7.96. The molecule has 188 valence electrons. The number of anilines is 2. The predicted octanol–water partition coefficient (Wildman–Crippen LogP) is 6.05. The molecule has 1 aliphatic heterocycles. The second kappa shape index (κ2) is 13.4. The van der Waals surface area contributed by atoms with Gasteiger partial charge < -0.3 is 15.5 Å². The van der Waals surface area contributed by atoms with Crippen LogP contribution in [0, 0.1) is 5.92 Å². The first kappa shape index (κ1) is 27.8.